The Morgan fingerprint density at radius 3 is 2.24 bits per heavy atom. The van der Waals surface area contributed by atoms with E-state index in [9.17, 15) is 0 Å². The summed E-state index contributed by atoms with van der Waals surface area (Å²) in [5.74, 6) is 0.964. The molecule has 0 spiro atoms. The van der Waals surface area contributed by atoms with Crippen LogP contribution in [0.2, 0.25) is 0 Å². The number of rotatable bonds is 6. The summed E-state index contributed by atoms with van der Waals surface area (Å²) in [5.41, 5.74) is 4.96. The van der Waals surface area contributed by atoms with Crippen LogP contribution in [-0.4, -0.2) is 6.04 Å². The molecule has 2 nitrogen and oxygen atoms in total. The molecular weight excluding hydrogens is 258 g/mol. The zero-order chi connectivity index (χ0) is 15.2. The molecule has 1 N–H and O–H groups in total. The molecule has 0 saturated carbocycles. The van der Waals surface area contributed by atoms with E-state index in [1.54, 1.807) is 0 Å². The third-order valence-corrected chi connectivity index (χ3v) is 3.46. The molecule has 0 aliphatic carbocycles. The van der Waals surface area contributed by atoms with Gasteiger partial charge >= 0.3 is 0 Å². The number of nitrogens with one attached hydrogen (secondary N) is 1. The summed E-state index contributed by atoms with van der Waals surface area (Å²) >= 11 is 0. The van der Waals surface area contributed by atoms with Crippen molar-refractivity contribution in [1.29, 1.82) is 0 Å². The Kier molecular flexibility index (Phi) is 5.40. The van der Waals surface area contributed by atoms with Gasteiger partial charge < -0.3 is 10.1 Å². The largest absolute Gasteiger partial charge is 0.489 e. The standard InChI is InChI=1S/C19H25NO/c1-14(2)20-12-17-6-8-18(9-7-17)13-21-19-10-5-15(3)11-16(19)4/h5-11,14,20H,12-13H2,1-4H3. The molecule has 0 radical (unpaired) electrons. The fraction of sp³-hybridized carbons (Fsp3) is 0.368. The second kappa shape index (κ2) is 7.28. The second-order valence-corrected chi connectivity index (χ2v) is 5.91. The maximum absolute atomic E-state index is 5.90. The van der Waals surface area contributed by atoms with E-state index in [-0.39, 0.29) is 0 Å². The first kappa shape index (κ1) is 15.6. The number of benzene rings is 2. The van der Waals surface area contributed by atoms with Crippen LogP contribution in [0.15, 0.2) is 42.5 Å². The van der Waals surface area contributed by atoms with E-state index in [0.717, 1.165) is 12.3 Å². The Morgan fingerprint density at radius 2 is 1.62 bits per heavy atom. The van der Waals surface area contributed by atoms with Gasteiger partial charge in [0.05, 0.1) is 0 Å². The van der Waals surface area contributed by atoms with E-state index >= 15 is 0 Å². The minimum Gasteiger partial charge on any atom is -0.489 e. The molecule has 0 saturated heterocycles. The molecule has 0 heterocycles. The van der Waals surface area contributed by atoms with E-state index < -0.39 is 0 Å². The van der Waals surface area contributed by atoms with Gasteiger partial charge in [0.1, 0.15) is 12.4 Å². The monoisotopic (exact) mass is 283 g/mol. The molecule has 0 aromatic heterocycles. The van der Waals surface area contributed by atoms with Crippen LogP contribution in [-0.2, 0) is 13.2 Å². The van der Waals surface area contributed by atoms with Gasteiger partial charge in [-0.1, -0.05) is 55.8 Å². The summed E-state index contributed by atoms with van der Waals surface area (Å²) in [4.78, 5) is 0. The van der Waals surface area contributed by atoms with Crippen molar-refractivity contribution in [2.45, 2.75) is 46.9 Å². The minimum absolute atomic E-state index is 0.512. The molecular formula is C19H25NO. The Morgan fingerprint density at radius 1 is 0.952 bits per heavy atom. The van der Waals surface area contributed by atoms with Gasteiger partial charge in [-0.3, -0.25) is 0 Å². The Labute approximate surface area is 128 Å². The van der Waals surface area contributed by atoms with Crippen molar-refractivity contribution in [3.8, 4) is 5.75 Å². The van der Waals surface area contributed by atoms with Crippen LogP contribution >= 0.6 is 0 Å². The highest BCUT2D eigenvalue weighted by molar-refractivity contribution is 5.36. The second-order valence-electron chi connectivity index (χ2n) is 5.91. The third kappa shape index (κ3) is 4.91. The van der Waals surface area contributed by atoms with Crippen molar-refractivity contribution in [2.75, 3.05) is 0 Å². The first-order valence-electron chi connectivity index (χ1n) is 7.56. The number of aryl methyl sites for hydroxylation is 2. The summed E-state index contributed by atoms with van der Waals surface area (Å²) in [6.45, 7) is 10.0. The van der Waals surface area contributed by atoms with Crippen molar-refractivity contribution >= 4 is 0 Å². The van der Waals surface area contributed by atoms with Gasteiger partial charge in [0.25, 0.3) is 0 Å². The van der Waals surface area contributed by atoms with Gasteiger partial charge in [0, 0.05) is 12.6 Å². The van der Waals surface area contributed by atoms with Gasteiger partial charge in [-0.25, -0.2) is 0 Å². The van der Waals surface area contributed by atoms with Crippen molar-refractivity contribution in [3.05, 3.63) is 64.7 Å². The Balaban J connectivity index is 1.91. The number of hydrogen-bond donors (Lipinski definition) is 1. The van der Waals surface area contributed by atoms with E-state index in [0.29, 0.717) is 12.6 Å². The maximum atomic E-state index is 5.90. The van der Waals surface area contributed by atoms with Crippen LogP contribution in [0.3, 0.4) is 0 Å². The minimum atomic E-state index is 0.512. The SMILES string of the molecule is Cc1ccc(OCc2ccc(CNC(C)C)cc2)c(C)c1. The summed E-state index contributed by atoms with van der Waals surface area (Å²) in [6.07, 6.45) is 0. The van der Waals surface area contributed by atoms with Gasteiger partial charge in [-0.15, -0.1) is 0 Å². The lowest BCUT2D eigenvalue weighted by atomic mass is 10.1. The molecule has 0 fully saturated rings. The Hall–Kier alpha value is -1.80. The molecule has 2 rings (SSSR count). The maximum Gasteiger partial charge on any atom is 0.122 e. The van der Waals surface area contributed by atoms with E-state index in [1.165, 1.54) is 22.3 Å². The van der Waals surface area contributed by atoms with E-state index in [4.69, 9.17) is 4.74 Å². The third-order valence-electron chi connectivity index (χ3n) is 3.46. The fourth-order valence-corrected chi connectivity index (χ4v) is 2.20. The average Bonchev–Trinajstić information content (AvgIpc) is 2.45. The molecule has 21 heavy (non-hydrogen) atoms. The van der Waals surface area contributed by atoms with Crippen LogP contribution in [0.25, 0.3) is 0 Å². The first-order valence-corrected chi connectivity index (χ1v) is 7.56. The smallest absolute Gasteiger partial charge is 0.122 e. The highest BCUT2D eigenvalue weighted by Crippen LogP contribution is 2.20. The van der Waals surface area contributed by atoms with E-state index in [2.05, 4.69) is 69.4 Å². The van der Waals surface area contributed by atoms with E-state index in [1.807, 2.05) is 6.07 Å². The summed E-state index contributed by atoms with van der Waals surface area (Å²) in [6, 6.07) is 15.4. The van der Waals surface area contributed by atoms with Gasteiger partial charge in [-0.05, 0) is 36.6 Å². The van der Waals surface area contributed by atoms with Crippen LogP contribution in [0.1, 0.15) is 36.1 Å². The first-order chi connectivity index (χ1) is 10.0. The van der Waals surface area contributed by atoms with Gasteiger partial charge in [0.15, 0.2) is 0 Å². The molecule has 0 atom stereocenters. The van der Waals surface area contributed by atoms with Crippen LogP contribution in [0, 0.1) is 13.8 Å². The number of hydrogen-bond acceptors (Lipinski definition) is 2. The van der Waals surface area contributed by atoms with Gasteiger partial charge in [0.2, 0.25) is 0 Å². The molecule has 0 aliphatic rings. The topological polar surface area (TPSA) is 21.3 Å². The molecule has 0 unspecified atom stereocenters. The molecule has 112 valence electrons. The average molecular weight is 283 g/mol. The molecule has 0 aliphatic heterocycles. The molecule has 0 amide bonds. The van der Waals surface area contributed by atoms with Crippen LogP contribution in [0.4, 0.5) is 0 Å². The van der Waals surface area contributed by atoms with Gasteiger partial charge in [-0.2, -0.15) is 0 Å². The normalized spacial score (nSPS) is 10.9. The summed E-state index contributed by atoms with van der Waals surface area (Å²) < 4.78 is 5.90. The molecule has 2 aromatic rings. The van der Waals surface area contributed by atoms with Crippen molar-refractivity contribution in [3.63, 3.8) is 0 Å². The lowest BCUT2D eigenvalue weighted by molar-refractivity contribution is 0.304. The molecule has 0 bridgehead atoms. The van der Waals surface area contributed by atoms with Crippen LogP contribution in [0.5, 0.6) is 5.75 Å². The fourth-order valence-electron chi connectivity index (χ4n) is 2.20. The highest BCUT2D eigenvalue weighted by Gasteiger charge is 2.01. The summed E-state index contributed by atoms with van der Waals surface area (Å²) in [5, 5.41) is 3.42. The van der Waals surface area contributed by atoms with Crippen molar-refractivity contribution in [2.24, 2.45) is 0 Å². The van der Waals surface area contributed by atoms with Crippen molar-refractivity contribution < 1.29 is 4.74 Å². The van der Waals surface area contributed by atoms with Crippen LogP contribution < -0.4 is 10.1 Å². The predicted octanol–water partition coefficient (Wildman–Crippen LogP) is 4.38. The predicted molar refractivity (Wildman–Crippen MR) is 88.7 cm³/mol. The quantitative estimate of drug-likeness (QED) is 0.849. The zero-order valence-corrected chi connectivity index (χ0v) is 13.4. The highest BCUT2D eigenvalue weighted by atomic mass is 16.5. The molecule has 2 aromatic carbocycles. The lowest BCUT2D eigenvalue weighted by Crippen LogP contribution is -2.21. The molecule has 2 heteroatoms. The lowest BCUT2D eigenvalue weighted by Gasteiger charge is -2.11. The zero-order valence-electron chi connectivity index (χ0n) is 13.4. The Bertz CT molecular complexity index is 573. The summed E-state index contributed by atoms with van der Waals surface area (Å²) in [7, 11) is 0. The van der Waals surface area contributed by atoms with Crippen molar-refractivity contribution in [1.82, 2.24) is 5.32 Å². The number of ether oxygens (including phenoxy) is 1.